The molecule has 0 bridgehead atoms. The number of phenols is 4. The number of hydrogen-bond acceptors (Lipinski definition) is 6. The molecule has 0 saturated heterocycles. The third kappa shape index (κ3) is 5.81. The Hall–Kier alpha value is -3.42. The topological polar surface area (TPSA) is 139 Å². The van der Waals surface area contributed by atoms with Crippen molar-refractivity contribution in [3.63, 3.8) is 0 Å². The highest BCUT2D eigenvalue weighted by Gasteiger charge is 2.09. The Kier molecular flexibility index (Phi) is 6.87. The summed E-state index contributed by atoms with van der Waals surface area (Å²) in [5, 5.41) is 42.6. The first-order valence-electron chi connectivity index (χ1n) is 8.49. The maximum absolute atomic E-state index is 11.9. The van der Waals surface area contributed by atoms with Crippen LogP contribution in [-0.2, 0) is 0 Å². The Morgan fingerprint density at radius 3 is 1.41 bits per heavy atom. The van der Waals surface area contributed by atoms with Gasteiger partial charge in [0.15, 0.2) is 23.0 Å². The van der Waals surface area contributed by atoms with Crippen molar-refractivity contribution < 1.29 is 30.0 Å². The molecule has 2 aromatic rings. The fourth-order valence-electron chi connectivity index (χ4n) is 2.36. The quantitative estimate of drug-likeness (QED) is 0.308. The van der Waals surface area contributed by atoms with Crippen LogP contribution in [0, 0.1) is 0 Å². The Morgan fingerprint density at radius 1 is 0.630 bits per heavy atom. The first-order valence-corrected chi connectivity index (χ1v) is 8.49. The number of nitrogens with one attached hydrogen (secondary N) is 2. The maximum Gasteiger partial charge on any atom is 0.251 e. The molecule has 6 N–H and O–H groups in total. The van der Waals surface area contributed by atoms with Crippen LogP contribution in [0.15, 0.2) is 36.4 Å². The van der Waals surface area contributed by atoms with Gasteiger partial charge in [0.2, 0.25) is 0 Å². The van der Waals surface area contributed by atoms with Gasteiger partial charge in [-0.3, -0.25) is 9.59 Å². The fraction of sp³-hybridized carbons (Fsp3) is 0.263. The van der Waals surface area contributed by atoms with Crippen LogP contribution in [0.2, 0.25) is 0 Å². The number of hydrogen-bond donors (Lipinski definition) is 6. The Bertz CT molecular complexity index is 754. The molecule has 0 saturated carbocycles. The minimum Gasteiger partial charge on any atom is -0.504 e. The zero-order valence-corrected chi connectivity index (χ0v) is 14.6. The van der Waals surface area contributed by atoms with Crippen molar-refractivity contribution in [2.75, 3.05) is 13.1 Å². The molecule has 8 heteroatoms. The highest BCUT2D eigenvalue weighted by atomic mass is 16.3. The van der Waals surface area contributed by atoms with E-state index in [0.29, 0.717) is 25.9 Å². The lowest BCUT2D eigenvalue weighted by atomic mass is 10.1. The van der Waals surface area contributed by atoms with Gasteiger partial charge in [-0.25, -0.2) is 0 Å². The van der Waals surface area contributed by atoms with E-state index in [2.05, 4.69) is 10.6 Å². The molecule has 8 nitrogen and oxygen atoms in total. The molecule has 0 radical (unpaired) electrons. The summed E-state index contributed by atoms with van der Waals surface area (Å²) in [5.41, 5.74) is 0.518. The zero-order valence-electron chi connectivity index (χ0n) is 14.6. The molecular formula is C19H22N2O6. The molecule has 0 unspecified atom stereocenters. The molecule has 0 atom stereocenters. The fourth-order valence-corrected chi connectivity index (χ4v) is 2.36. The number of aromatic hydroxyl groups is 4. The van der Waals surface area contributed by atoms with E-state index in [9.17, 15) is 30.0 Å². The first kappa shape index (κ1) is 19.9. The summed E-state index contributed by atoms with van der Waals surface area (Å²) >= 11 is 0. The summed E-state index contributed by atoms with van der Waals surface area (Å²) in [6.45, 7) is 0.889. The van der Waals surface area contributed by atoms with Crippen molar-refractivity contribution in [2.24, 2.45) is 0 Å². The van der Waals surface area contributed by atoms with Gasteiger partial charge >= 0.3 is 0 Å². The third-order valence-corrected chi connectivity index (χ3v) is 3.90. The summed E-state index contributed by atoms with van der Waals surface area (Å²) in [6.07, 6.45) is 2.21. The van der Waals surface area contributed by atoms with Crippen molar-refractivity contribution in [1.29, 1.82) is 0 Å². The minimum absolute atomic E-state index is 0.259. The molecule has 0 aliphatic rings. The smallest absolute Gasteiger partial charge is 0.251 e. The van der Waals surface area contributed by atoms with Crippen LogP contribution in [0.25, 0.3) is 0 Å². The second-order valence-corrected chi connectivity index (χ2v) is 5.98. The van der Waals surface area contributed by atoms with Crippen LogP contribution < -0.4 is 10.6 Å². The molecule has 0 aromatic heterocycles. The first-order chi connectivity index (χ1) is 12.9. The number of phenolic OH excluding ortho intramolecular Hbond substituents is 4. The number of carbonyl (C=O) groups excluding carboxylic acids is 2. The Labute approximate surface area is 156 Å². The lowest BCUT2D eigenvalue weighted by Crippen LogP contribution is -2.26. The van der Waals surface area contributed by atoms with Gasteiger partial charge in [-0.2, -0.15) is 0 Å². The lowest BCUT2D eigenvalue weighted by molar-refractivity contribution is 0.0947. The van der Waals surface area contributed by atoms with E-state index in [-0.39, 0.29) is 45.9 Å². The average Bonchev–Trinajstić information content (AvgIpc) is 2.65. The van der Waals surface area contributed by atoms with E-state index in [4.69, 9.17) is 0 Å². The van der Waals surface area contributed by atoms with E-state index in [1.807, 2.05) is 0 Å². The molecule has 0 heterocycles. The summed E-state index contributed by atoms with van der Waals surface area (Å²) in [4.78, 5) is 23.8. The SMILES string of the molecule is O=C(NCCCCCNC(=O)c1ccc(O)c(O)c1)c1ccc(O)c(O)c1. The molecule has 27 heavy (non-hydrogen) atoms. The monoisotopic (exact) mass is 374 g/mol. The van der Waals surface area contributed by atoms with E-state index in [0.717, 1.165) is 6.42 Å². The summed E-state index contributed by atoms with van der Waals surface area (Å²) < 4.78 is 0. The van der Waals surface area contributed by atoms with E-state index < -0.39 is 0 Å². The van der Waals surface area contributed by atoms with E-state index in [1.54, 1.807) is 0 Å². The molecule has 2 amide bonds. The van der Waals surface area contributed by atoms with Crippen LogP contribution in [0.4, 0.5) is 0 Å². The number of benzene rings is 2. The molecule has 0 spiro atoms. The maximum atomic E-state index is 11.9. The predicted molar refractivity (Wildman–Crippen MR) is 98.1 cm³/mol. The standard InChI is InChI=1S/C19H22N2O6/c22-14-6-4-12(10-16(14)24)18(26)20-8-2-1-3-9-21-19(27)13-5-7-15(23)17(25)11-13/h4-7,10-11,22-25H,1-3,8-9H2,(H,20,26)(H,21,27). The highest BCUT2D eigenvalue weighted by Crippen LogP contribution is 2.25. The van der Waals surface area contributed by atoms with Gasteiger partial charge in [0.25, 0.3) is 11.8 Å². The van der Waals surface area contributed by atoms with Crippen molar-refractivity contribution >= 4 is 11.8 Å². The van der Waals surface area contributed by atoms with Crippen LogP contribution in [0.5, 0.6) is 23.0 Å². The van der Waals surface area contributed by atoms with E-state index >= 15 is 0 Å². The van der Waals surface area contributed by atoms with Crippen LogP contribution in [0.1, 0.15) is 40.0 Å². The second kappa shape index (κ2) is 9.33. The largest absolute Gasteiger partial charge is 0.504 e. The Morgan fingerprint density at radius 2 is 1.04 bits per heavy atom. The van der Waals surface area contributed by atoms with Gasteiger partial charge in [0, 0.05) is 24.2 Å². The van der Waals surface area contributed by atoms with Crippen molar-refractivity contribution in [3.05, 3.63) is 47.5 Å². The van der Waals surface area contributed by atoms with Crippen molar-refractivity contribution in [3.8, 4) is 23.0 Å². The normalized spacial score (nSPS) is 10.4. The van der Waals surface area contributed by atoms with Gasteiger partial charge < -0.3 is 31.1 Å². The second-order valence-electron chi connectivity index (χ2n) is 5.98. The van der Waals surface area contributed by atoms with Gasteiger partial charge in [-0.15, -0.1) is 0 Å². The van der Waals surface area contributed by atoms with Crippen molar-refractivity contribution in [1.82, 2.24) is 10.6 Å². The summed E-state index contributed by atoms with van der Waals surface area (Å²) in [7, 11) is 0. The molecule has 2 aromatic carbocycles. The van der Waals surface area contributed by atoms with E-state index in [1.165, 1.54) is 36.4 Å². The third-order valence-electron chi connectivity index (χ3n) is 3.90. The predicted octanol–water partition coefficient (Wildman–Crippen LogP) is 1.84. The molecule has 0 aliphatic heterocycles. The summed E-state index contributed by atoms with van der Waals surface area (Å²) in [6, 6.07) is 7.73. The zero-order chi connectivity index (χ0) is 19.8. The van der Waals surface area contributed by atoms with Gasteiger partial charge in [-0.05, 0) is 55.7 Å². The van der Waals surface area contributed by atoms with Gasteiger partial charge in [-0.1, -0.05) is 0 Å². The molecule has 0 aliphatic carbocycles. The molecular weight excluding hydrogens is 352 g/mol. The highest BCUT2D eigenvalue weighted by molar-refractivity contribution is 5.95. The van der Waals surface area contributed by atoms with Crippen molar-refractivity contribution in [2.45, 2.75) is 19.3 Å². The van der Waals surface area contributed by atoms with Crippen LogP contribution in [-0.4, -0.2) is 45.3 Å². The minimum atomic E-state index is -0.347. The summed E-state index contributed by atoms with van der Waals surface area (Å²) in [5.74, 6) is -1.94. The molecule has 144 valence electrons. The van der Waals surface area contributed by atoms with Crippen LogP contribution in [0.3, 0.4) is 0 Å². The van der Waals surface area contributed by atoms with Gasteiger partial charge in [0.1, 0.15) is 0 Å². The van der Waals surface area contributed by atoms with Gasteiger partial charge in [0.05, 0.1) is 0 Å². The number of amides is 2. The van der Waals surface area contributed by atoms with Crippen LogP contribution >= 0.6 is 0 Å². The number of unbranched alkanes of at least 4 members (excludes halogenated alkanes) is 2. The number of carbonyl (C=O) groups is 2. The Balaban J connectivity index is 1.61. The average molecular weight is 374 g/mol. The number of rotatable bonds is 8. The molecule has 0 fully saturated rings. The molecule has 2 rings (SSSR count). The lowest BCUT2D eigenvalue weighted by Gasteiger charge is -2.08.